The van der Waals surface area contributed by atoms with E-state index in [0.29, 0.717) is 30.9 Å². The van der Waals surface area contributed by atoms with Gasteiger partial charge in [-0.3, -0.25) is 18.7 Å². The minimum atomic E-state index is -5.08. The van der Waals surface area contributed by atoms with Crippen molar-refractivity contribution in [1.29, 1.82) is 0 Å². The van der Waals surface area contributed by atoms with Crippen LogP contribution in [0.5, 0.6) is 6.01 Å². The molecule has 0 unspecified atom stereocenters. The average molecular weight is 499 g/mol. The highest BCUT2D eigenvalue weighted by Gasteiger charge is 2.52. The molecule has 3 heterocycles. The highest BCUT2D eigenvalue weighted by atomic mass is 19.4. The number of amides is 1. The van der Waals surface area contributed by atoms with E-state index in [1.807, 2.05) is 0 Å². The Morgan fingerprint density at radius 2 is 1.86 bits per heavy atom. The second-order valence-corrected chi connectivity index (χ2v) is 7.86. The Labute approximate surface area is 196 Å². The summed E-state index contributed by atoms with van der Waals surface area (Å²) in [5, 5.41) is 10.4. The number of carbonyl (C=O) groups excluding carboxylic acids is 1. The summed E-state index contributed by atoms with van der Waals surface area (Å²) < 4.78 is 40.6. The number of aliphatic carboxylic acids is 1. The molecule has 0 atom stereocenters. The van der Waals surface area contributed by atoms with Crippen LogP contribution in [0.1, 0.15) is 19.8 Å². The number of hydrogen-bond donors (Lipinski definition) is 3. The van der Waals surface area contributed by atoms with Crippen LogP contribution in [-0.4, -0.2) is 74.0 Å². The molecule has 0 bridgehead atoms. The standard InChI is InChI=1S/C18H23N7O3.C2HF3O2/c1-3-4-9-25-12-13(21-16(25)24-10-7-20-8-11-24)22-17(23(2)14(12)26)28-18(5-6-18)15(19)27;3-2(4,5)1(6)7/h20H,5-11H2,1-2H3,(H2,19,27);(H,6,7). The van der Waals surface area contributed by atoms with Gasteiger partial charge in [0.2, 0.25) is 5.95 Å². The quantitative estimate of drug-likeness (QED) is 0.465. The number of nitrogens with one attached hydrogen (secondary N) is 1. The lowest BCUT2D eigenvalue weighted by Gasteiger charge is -2.28. The molecular formula is C20H24F3N7O5. The predicted octanol–water partition coefficient (Wildman–Crippen LogP) is -0.407. The summed E-state index contributed by atoms with van der Waals surface area (Å²) in [5.41, 5.74) is 4.72. The van der Waals surface area contributed by atoms with Crippen LogP contribution < -0.4 is 26.2 Å². The normalized spacial score (nSPS) is 16.5. The molecule has 0 spiro atoms. The number of aromatic nitrogens is 4. The van der Waals surface area contributed by atoms with Crippen molar-refractivity contribution >= 4 is 29.0 Å². The first kappa shape index (κ1) is 25.8. The SMILES string of the molecule is CC#CCn1c(N2CCNCC2)nc2nc(OC3(C(N)=O)CC3)n(C)c(=O)c21.O=C(O)C(F)(F)F. The van der Waals surface area contributed by atoms with Crippen molar-refractivity contribution in [2.45, 2.75) is 38.1 Å². The highest BCUT2D eigenvalue weighted by molar-refractivity contribution is 5.87. The number of rotatable bonds is 5. The molecule has 1 amide bonds. The number of fused-ring (bicyclic) bond motifs is 1. The number of carbonyl (C=O) groups is 2. The van der Waals surface area contributed by atoms with Crippen molar-refractivity contribution in [3.63, 3.8) is 0 Å². The maximum Gasteiger partial charge on any atom is 0.490 e. The Balaban J connectivity index is 0.000000429. The number of piperazine rings is 1. The lowest BCUT2D eigenvalue weighted by molar-refractivity contribution is -0.192. The molecule has 1 saturated heterocycles. The summed E-state index contributed by atoms with van der Waals surface area (Å²) in [6.45, 7) is 5.32. The summed E-state index contributed by atoms with van der Waals surface area (Å²) in [5.74, 6) is 3.23. The molecule has 1 aliphatic carbocycles. The Morgan fingerprint density at radius 3 is 2.34 bits per heavy atom. The van der Waals surface area contributed by atoms with E-state index in [9.17, 15) is 22.8 Å². The van der Waals surface area contributed by atoms with Gasteiger partial charge in [-0.2, -0.15) is 23.1 Å². The number of alkyl halides is 3. The number of carboxylic acid groups (broad SMARTS) is 1. The number of imidazole rings is 1. The van der Waals surface area contributed by atoms with E-state index in [4.69, 9.17) is 20.4 Å². The van der Waals surface area contributed by atoms with Gasteiger partial charge in [0, 0.05) is 46.1 Å². The minimum absolute atomic E-state index is 0.0480. The Kier molecular flexibility index (Phi) is 7.25. The summed E-state index contributed by atoms with van der Waals surface area (Å²) >= 11 is 0. The molecule has 12 nitrogen and oxygen atoms in total. The number of halogens is 3. The van der Waals surface area contributed by atoms with E-state index in [1.165, 1.54) is 4.57 Å². The van der Waals surface area contributed by atoms with Gasteiger partial charge in [-0.25, -0.2) is 4.79 Å². The Hall–Kier alpha value is -3.80. The van der Waals surface area contributed by atoms with Gasteiger partial charge in [0.1, 0.15) is 0 Å². The lowest BCUT2D eigenvalue weighted by Crippen LogP contribution is -2.44. The third-order valence-electron chi connectivity index (χ3n) is 5.42. The van der Waals surface area contributed by atoms with E-state index >= 15 is 0 Å². The van der Waals surface area contributed by atoms with Crippen LogP contribution in [0.25, 0.3) is 11.2 Å². The van der Waals surface area contributed by atoms with Crippen LogP contribution in [0.4, 0.5) is 19.1 Å². The lowest BCUT2D eigenvalue weighted by atomic mass is 10.3. The zero-order valence-corrected chi connectivity index (χ0v) is 19.0. The first-order valence-electron chi connectivity index (χ1n) is 10.5. The first-order valence-corrected chi connectivity index (χ1v) is 10.5. The molecule has 0 radical (unpaired) electrons. The fourth-order valence-electron chi connectivity index (χ4n) is 3.32. The molecule has 4 rings (SSSR count). The second kappa shape index (κ2) is 9.82. The second-order valence-electron chi connectivity index (χ2n) is 7.86. The monoisotopic (exact) mass is 499 g/mol. The van der Waals surface area contributed by atoms with Crippen LogP contribution in [0.2, 0.25) is 0 Å². The minimum Gasteiger partial charge on any atom is -0.475 e. The largest absolute Gasteiger partial charge is 0.490 e. The van der Waals surface area contributed by atoms with Gasteiger partial charge in [0.05, 0.1) is 6.54 Å². The fraction of sp³-hybridized carbons (Fsp3) is 0.550. The van der Waals surface area contributed by atoms with E-state index in [2.05, 4.69) is 32.0 Å². The molecular weight excluding hydrogens is 475 g/mol. The third-order valence-corrected chi connectivity index (χ3v) is 5.42. The van der Waals surface area contributed by atoms with E-state index in [0.717, 1.165) is 26.2 Å². The van der Waals surface area contributed by atoms with Crippen molar-refractivity contribution in [2.75, 3.05) is 31.1 Å². The van der Waals surface area contributed by atoms with E-state index in [1.54, 1.807) is 18.5 Å². The van der Waals surface area contributed by atoms with Crippen molar-refractivity contribution in [2.24, 2.45) is 12.8 Å². The Bertz CT molecular complexity index is 1250. The smallest absolute Gasteiger partial charge is 0.475 e. The third kappa shape index (κ3) is 5.48. The number of carboxylic acids is 1. The van der Waals surface area contributed by atoms with Crippen molar-refractivity contribution in [3.05, 3.63) is 10.4 Å². The van der Waals surface area contributed by atoms with Gasteiger partial charge in [0.15, 0.2) is 16.8 Å². The number of nitrogens with two attached hydrogens (primary N) is 1. The van der Waals surface area contributed by atoms with Crippen LogP contribution in [0.15, 0.2) is 4.79 Å². The van der Waals surface area contributed by atoms with Gasteiger partial charge >= 0.3 is 18.2 Å². The number of nitrogens with zero attached hydrogens (tertiary/aromatic N) is 5. The molecule has 2 aromatic rings. The summed E-state index contributed by atoms with van der Waals surface area (Å²) in [4.78, 5) is 44.8. The molecule has 15 heteroatoms. The molecule has 190 valence electrons. The van der Waals surface area contributed by atoms with Gasteiger partial charge in [0.25, 0.3) is 11.5 Å². The van der Waals surface area contributed by atoms with Crippen LogP contribution in [-0.2, 0) is 23.2 Å². The Morgan fingerprint density at radius 1 is 1.26 bits per heavy atom. The molecule has 0 aromatic carbocycles. The zero-order valence-electron chi connectivity index (χ0n) is 19.0. The number of hydrogen-bond acceptors (Lipinski definition) is 8. The van der Waals surface area contributed by atoms with E-state index < -0.39 is 23.7 Å². The molecule has 1 aliphatic heterocycles. The number of ether oxygens (including phenoxy) is 1. The predicted molar refractivity (Wildman–Crippen MR) is 117 cm³/mol. The summed E-state index contributed by atoms with van der Waals surface area (Å²) in [7, 11) is 1.56. The van der Waals surface area contributed by atoms with E-state index in [-0.39, 0.29) is 17.2 Å². The maximum absolute atomic E-state index is 13.1. The van der Waals surface area contributed by atoms with Gasteiger partial charge in [-0.1, -0.05) is 5.92 Å². The molecule has 2 aromatic heterocycles. The van der Waals surface area contributed by atoms with Gasteiger partial charge in [-0.05, 0) is 6.92 Å². The van der Waals surface area contributed by atoms with Crippen molar-refractivity contribution in [3.8, 4) is 17.9 Å². The zero-order chi connectivity index (χ0) is 26.0. The number of primary amides is 1. The van der Waals surface area contributed by atoms with Crippen LogP contribution in [0, 0.1) is 11.8 Å². The first-order chi connectivity index (χ1) is 16.4. The summed E-state index contributed by atoms with van der Waals surface area (Å²) in [6, 6.07) is 0.0480. The van der Waals surface area contributed by atoms with Gasteiger partial charge < -0.3 is 25.8 Å². The average Bonchev–Trinajstić information content (AvgIpc) is 3.50. The molecule has 2 fully saturated rings. The molecule has 35 heavy (non-hydrogen) atoms. The highest BCUT2D eigenvalue weighted by Crippen LogP contribution is 2.39. The summed E-state index contributed by atoms with van der Waals surface area (Å²) in [6.07, 6.45) is -4.05. The topological polar surface area (TPSA) is 158 Å². The number of anilines is 1. The molecule has 2 aliphatic rings. The van der Waals surface area contributed by atoms with Crippen LogP contribution >= 0.6 is 0 Å². The fourth-order valence-corrected chi connectivity index (χ4v) is 3.32. The van der Waals surface area contributed by atoms with Crippen LogP contribution in [0.3, 0.4) is 0 Å². The maximum atomic E-state index is 13.1. The van der Waals surface area contributed by atoms with Gasteiger partial charge in [-0.15, -0.1) is 5.92 Å². The van der Waals surface area contributed by atoms with Crippen molar-refractivity contribution in [1.82, 2.24) is 24.4 Å². The van der Waals surface area contributed by atoms with Crippen molar-refractivity contribution < 1.29 is 32.6 Å². The molecule has 4 N–H and O–H groups in total. The molecule has 1 saturated carbocycles.